The topological polar surface area (TPSA) is 85.1 Å². The number of hydrogen-bond acceptors (Lipinski definition) is 8. The Morgan fingerprint density at radius 3 is 2.62 bits per heavy atom. The van der Waals surface area contributed by atoms with Gasteiger partial charge in [-0.15, -0.1) is 0 Å². The van der Waals surface area contributed by atoms with Crippen LogP contribution in [0.3, 0.4) is 0 Å². The SMILES string of the molecule is CN1N=NN2c3ccccc3N=C(Nc3ccc(C(=O)N4CCOCC4)cc3)C12. The summed E-state index contributed by atoms with van der Waals surface area (Å²) in [5.41, 5.74) is 3.27. The average Bonchev–Trinajstić information content (AvgIpc) is 3.17. The molecule has 1 unspecified atom stereocenters. The molecule has 1 N–H and O–H groups in total. The minimum absolute atomic E-state index is 0.0306. The number of hydrogen-bond donors (Lipinski definition) is 1. The maximum absolute atomic E-state index is 12.6. The summed E-state index contributed by atoms with van der Waals surface area (Å²) in [6.45, 7) is 2.44. The van der Waals surface area contributed by atoms with Gasteiger partial charge in [-0.25, -0.2) is 15.0 Å². The van der Waals surface area contributed by atoms with Crippen LogP contribution in [0.5, 0.6) is 0 Å². The standard InChI is InChI=1S/C20H21N7O2/c1-25-19-18(22-16-4-2-3-5-17(16)27(19)24-23-25)21-15-8-6-14(7-9-15)20(28)26-10-12-29-13-11-26/h2-9,19H,10-13H2,1H3,(H,21,22). The number of fused-ring (bicyclic) bond motifs is 3. The molecule has 0 aliphatic carbocycles. The molecule has 9 nitrogen and oxygen atoms in total. The van der Waals surface area contributed by atoms with Crippen LogP contribution in [0, 0.1) is 0 Å². The van der Waals surface area contributed by atoms with Gasteiger partial charge in [0.2, 0.25) is 0 Å². The van der Waals surface area contributed by atoms with Gasteiger partial charge in [0.05, 0.1) is 24.6 Å². The average molecular weight is 391 g/mol. The number of amidine groups is 1. The molecule has 3 aliphatic heterocycles. The van der Waals surface area contributed by atoms with Crippen LogP contribution in [-0.4, -0.2) is 61.2 Å². The summed E-state index contributed by atoms with van der Waals surface area (Å²) in [7, 11) is 1.86. The molecule has 5 rings (SSSR count). The number of rotatable bonds is 2. The summed E-state index contributed by atoms with van der Waals surface area (Å²) in [4.78, 5) is 19.2. The molecule has 1 atom stereocenters. The van der Waals surface area contributed by atoms with Crippen molar-refractivity contribution in [1.82, 2.24) is 9.91 Å². The van der Waals surface area contributed by atoms with E-state index in [4.69, 9.17) is 9.73 Å². The number of nitrogens with one attached hydrogen (secondary N) is 1. The van der Waals surface area contributed by atoms with Gasteiger partial charge in [-0.05, 0) is 41.6 Å². The third-order valence-electron chi connectivity index (χ3n) is 5.18. The van der Waals surface area contributed by atoms with Crippen molar-refractivity contribution in [2.24, 2.45) is 15.4 Å². The van der Waals surface area contributed by atoms with Crippen molar-refractivity contribution in [1.29, 1.82) is 0 Å². The summed E-state index contributed by atoms with van der Waals surface area (Å²) in [6, 6.07) is 15.3. The number of likely N-dealkylation sites (N-methyl/N-ethyl adjacent to an activating group) is 1. The Balaban J connectivity index is 1.37. The van der Waals surface area contributed by atoms with E-state index >= 15 is 0 Å². The van der Waals surface area contributed by atoms with E-state index in [1.807, 2.05) is 65.5 Å². The molecule has 0 bridgehead atoms. The first-order valence-electron chi connectivity index (χ1n) is 9.56. The number of benzene rings is 2. The lowest BCUT2D eigenvalue weighted by Crippen LogP contribution is -2.48. The van der Waals surface area contributed by atoms with Crippen molar-refractivity contribution in [3.63, 3.8) is 0 Å². The molecule has 0 spiro atoms. The molecular formula is C20H21N7O2. The van der Waals surface area contributed by atoms with Crippen molar-refractivity contribution in [2.75, 3.05) is 43.7 Å². The number of ether oxygens (including phenoxy) is 1. The van der Waals surface area contributed by atoms with Crippen LogP contribution < -0.4 is 10.3 Å². The molecule has 1 amide bonds. The number of anilines is 2. The zero-order chi connectivity index (χ0) is 19.8. The van der Waals surface area contributed by atoms with Gasteiger partial charge in [-0.3, -0.25) is 4.79 Å². The lowest BCUT2D eigenvalue weighted by Gasteiger charge is -2.31. The molecule has 2 aromatic carbocycles. The Labute approximate surface area is 168 Å². The molecule has 0 radical (unpaired) electrons. The van der Waals surface area contributed by atoms with E-state index in [0.717, 1.165) is 22.9 Å². The highest BCUT2D eigenvalue weighted by Crippen LogP contribution is 2.37. The number of morpholine rings is 1. The molecule has 9 heteroatoms. The molecule has 3 aliphatic rings. The normalized spacial score (nSPS) is 20.2. The van der Waals surface area contributed by atoms with Crippen molar-refractivity contribution < 1.29 is 9.53 Å². The maximum Gasteiger partial charge on any atom is 0.254 e. The fourth-order valence-electron chi connectivity index (χ4n) is 3.66. The molecule has 29 heavy (non-hydrogen) atoms. The van der Waals surface area contributed by atoms with Crippen LogP contribution in [0.2, 0.25) is 0 Å². The van der Waals surface area contributed by atoms with E-state index in [0.29, 0.717) is 31.9 Å². The Morgan fingerprint density at radius 1 is 1.07 bits per heavy atom. The lowest BCUT2D eigenvalue weighted by atomic mass is 10.1. The van der Waals surface area contributed by atoms with E-state index < -0.39 is 0 Å². The number of carbonyl (C=O) groups is 1. The van der Waals surface area contributed by atoms with Gasteiger partial charge < -0.3 is 15.0 Å². The summed E-state index contributed by atoms with van der Waals surface area (Å²) in [5.74, 6) is 0.756. The Bertz CT molecular complexity index is 983. The maximum atomic E-state index is 12.6. The van der Waals surface area contributed by atoms with Crippen LogP contribution in [0.4, 0.5) is 17.1 Å². The largest absolute Gasteiger partial charge is 0.378 e. The summed E-state index contributed by atoms with van der Waals surface area (Å²) in [5, 5.41) is 15.4. The van der Waals surface area contributed by atoms with E-state index in [9.17, 15) is 4.79 Å². The predicted molar refractivity (Wildman–Crippen MR) is 109 cm³/mol. The monoisotopic (exact) mass is 391 g/mol. The first kappa shape index (κ1) is 17.6. The van der Waals surface area contributed by atoms with Gasteiger partial charge in [-0.2, -0.15) is 0 Å². The van der Waals surface area contributed by atoms with E-state index in [-0.39, 0.29) is 12.1 Å². The molecule has 1 fully saturated rings. The molecule has 2 aromatic rings. The minimum atomic E-state index is -0.237. The van der Waals surface area contributed by atoms with Gasteiger partial charge in [0.1, 0.15) is 0 Å². The molecule has 0 aromatic heterocycles. The minimum Gasteiger partial charge on any atom is -0.378 e. The van der Waals surface area contributed by atoms with Crippen LogP contribution >= 0.6 is 0 Å². The summed E-state index contributed by atoms with van der Waals surface area (Å²) >= 11 is 0. The van der Waals surface area contributed by atoms with E-state index in [2.05, 4.69) is 15.8 Å². The van der Waals surface area contributed by atoms with E-state index in [1.165, 1.54) is 0 Å². The first-order chi connectivity index (χ1) is 14.2. The number of nitrogens with zero attached hydrogens (tertiary/aromatic N) is 6. The zero-order valence-corrected chi connectivity index (χ0v) is 16.0. The van der Waals surface area contributed by atoms with Gasteiger partial charge in [0.25, 0.3) is 5.91 Å². The predicted octanol–water partition coefficient (Wildman–Crippen LogP) is 2.67. The number of amides is 1. The molecule has 1 saturated heterocycles. The lowest BCUT2D eigenvalue weighted by molar-refractivity contribution is 0.0303. The zero-order valence-electron chi connectivity index (χ0n) is 16.0. The number of para-hydroxylation sites is 2. The quantitative estimate of drug-likeness (QED) is 0.851. The second-order valence-electron chi connectivity index (χ2n) is 7.06. The van der Waals surface area contributed by atoms with Crippen molar-refractivity contribution in [3.8, 4) is 0 Å². The highest BCUT2D eigenvalue weighted by Gasteiger charge is 2.37. The van der Waals surface area contributed by atoms with Crippen LogP contribution in [-0.2, 0) is 4.74 Å². The number of carbonyl (C=O) groups excluding carboxylic acids is 1. The molecule has 148 valence electrons. The second kappa shape index (κ2) is 7.17. The molecular weight excluding hydrogens is 370 g/mol. The highest BCUT2D eigenvalue weighted by atomic mass is 16.5. The molecule has 0 saturated carbocycles. The van der Waals surface area contributed by atoms with Crippen molar-refractivity contribution in [2.45, 2.75) is 6.17 Å². The fraction of sp³-hybridized carbons (Fsp3) is 0.300. The Morgan fingerprint density at radius 2 is 1.83 bits per heavy atom. The fourth-order valence-corrected chi connectivity index (χ4v) is 3.66. The Hall–Kier alpha value is -3.46. The van der Waals surface area contributed by atoms with Gasteiger partial charge >= 0.3 is 0 Å². The van der Waals surface area contributed by atoms with Crippen molar-refractivity contribution >= 4 is 28.8 Å². The number of aliphatic imine (C=N–C) groups is 1. The van der Waals surface area contributed by atoms with Crippen LogP contribution in [0.1, 0.15) is 10.4 Å². The van der Waals surface area contributed by atoms with E-state index in [1.54, 1.807) is 5.01 Å². The van der Waals surface area contributed by atoms with Gasteiger partial charge in [0.15, 0.2) is 12.0 Å². The van der Waals surface area contributed by atoms with Gasteiger partial charge in [-0.1, -0.05) is 17.4 Å². The smallest absolute Gasteiger partial charge is 0.254 e. The first-order valence-corrected chi connectivity index (χ1v) is 9.56. The molecule has 3 heterocycles. The van der Waals surface area contributed by atoms with Crippen molar-refractivity contribution in [3.05, 3.63) is 54.1 Å². The van der Waals surface area contributed by atoms with Crippen LogP contribution in [0.15, 0.2) is 64.0 Å². The highest BCUT2D eigenvalue weighted by molar-refractivity contribution is 6.05. The summed E-state index contributed by atoms with van der Waals surface area (Å²) < 4.78 is 5.32. The third kappa shape index (κ3) is 3.19. The van der Waals surface area contributed by atoms with Gasteiger partial charge in [0, 0.05) is 31.4 Å². The Kier molecular flexibility index (Phi) is 4.36. The third-order valence-corrected chi connectivity index (χ3v) is 5.18. The second-order valence-corrected chi connectivity index (χ2v) is 7.06. The van der Waals surface area contributed by atoms with Crippen LogP contribution in [0.25, 0.3) is 0 Å². The summed E-state index contributed by atoms with van der Waals surface area (Å²) in [6.07, 6.45) is -0.237.